The number of nitrogens with one attached hydrogen (secondary N) is 2. The molecule has 0 unspecified atom stereocenters. The minimum atomic E-state index is -0.188. The Morgan fingerprint density at radius 1 is 1.26 bits per heavy atom. The zero-order chi connectivity index (χ0) is 19.2. The van der Waals surface area contributed by atoms with Crippen molar-refractivity contribution in [2.45, 2.75) is 25.7 Å². The smallest absolute Gasteiger partial charge is 0.252 e. The summed E-state index contributed by atoms with van der Waals surface area (Å²) < 4.78 is 0. The van der Waals surface area contributed by atoms with Gasteiger partial charge in [-0.2, -0.15) is 11.3 Å². The molecule has 142 valence electrons. The van der Waals surface area contributed by atoms with E-state index in [1.807, 2.05) is 5.38 Å². The molecule has 3 amide bonds. The molecule has 2 aromatic rings. The van der Waals surface area contributed by atoms with Gasteiger partial charge >= 0.3 is 0 Å². The third-order valence-electron chi connectivity index (χ3n) is 4.26. The standard InChI is InChI=1S/C19H20ClN3O3S/c20-15-6-5-14(23-9-2-4-18(23)25)11-16(15)22-17(24)3-1-8-21-19(26)13-7-10-27-12-13/h5-7,10-12H,1-4,8-9H2,(H,21,26)(H,22,24). The summed E-state index contributed by atoms with van der Waals surface area (Å²) in [6, 6.07) is 6.94. The summed E-state index contributed by atoms with van der Waals surface area (Å²) in [5.41, 5.74) is 1.85. The minimum absolute atomic E-state index is 0.0796. The molecule has 27 heavy (non-hydrogen) atoms. The van der Waals surface area contributed by atoms with E-state index in [1.54, 1.807) is 34.5 Å². The first-order chi connectivity index (χ1) is 13.0. The molecule has 1 aliphatic rings. The van der Waals surface area contributed by atoms with Crippen LogP contribution in [0, 0.1) is 0 Å². The molecule has 2 N–H and O–H groups in total. The van der Waals surface area contributed by atoms with Gasteiger partial charge in [-0.25, -0.2) is 0 Å². The Labute approximate surface area is 166 Å². The quantitative estimate of drug-likeness (QED) is 0.690. The molecule has 0 atom stereocenters. The second-order valence-corrected chi connectivity index (χ2v) is 7.42. The topological polar surface area (TPSA) is 78.5 Å². The first-order valence-electron chi connectivity index (χ1n) is 8.75. The van der Waals surface area contributed by atoms with Gasteiger partial charge in [-0.3, -0.25) is 14.4 Å². The van der Waals surface area contributed by atoms with Crippen LogP contribution in [0.3, 0.4) is 0 Å². The number of carbonyl (C=O) groups excluding carboxylic acids is 3. The van der Waals surface area contributed by atoms with E-state index in [2.05, 4.69) is 10.6 Å². The molecule has 2 heterocycles. The average molecular weight is 406 g/mol. The van der Waals surface area contributed by atoms with Gasteiger partial charge in [-0.05, 0) is 42.5 Å². The second-order valence-electron chi connectivity index (χ2n) is 6.23. The Morgan fingerprint density at radius 2 is 2.11 bits per heavy atom. The molecule has 0 aliphatic carbocycles. The van der Waals surface area contributed by atoms with Crippen molar-refractivity contribution in [2.24, 2.45) is 0 Å². The van der Waals surface area contributed by atoms with Gasteiger partial charge in [0.15, 0.2) is 0 Å². The summed E-state index contributed by atoms with van der Waals surface area (Å²) in [5, 5.41) is 9.61. The summed E-state index contributed by atoms with van der Waals surface area (Å²) in [4.78, 5) is 37.6. The van der Waals surface area contributed by atoms with Gasteiger partial charge in [-0.1, -0.05) is 11.6 Å². The van der Waals surface area contributed by atoms with Gasteiger partial charge in [0, 0.05) is 42.6 Å². The lowest BCUT2D eigenvalue weighted by Gasteiger charge is -2.17. The van der Waals surface area contributed by atoms with Crippen molar-refractivity contribution >= 4 is 52.0 Å². The molecule has 3 rings (SSSR count). The van der Waals surface area contributed by atoms with Gasteiger partial charge in [0.25, 0.3) is 5.91 Å². The molecular weight excluding hydrogens is 386 g/mol. The molecule has 0 saturated carbocycles. The number of hydrogen-bond donors (Lipinski definition) is 2. The Bertz CT molecular complexity index is 839. The fraction of sp³-hybridized carbons (Fsp3) is 0.316. The molecule has 0 bridgehead atoms. The monoisotopic (exact) mass is 405 g/mol. The van der Waals surface area contributed by atoms with Crippen LogP contribution in [-0.4, -0.2) is 30.8 Å². The number of rotatable bonds is 7. The van der Waals surface area contributed by atoms with Crippen LogP contribution in [0.15, 0.2) is 35.0 Å². The van der Waals surface area contributed by atoms with E-state index in [0.29, 0.717) is 42.2 Å². The number of carbonyl (C=O) groups is 3. The molecule has 1 aliphatic heterocycles. The SMILES string of the molecule is O=C(CCCNC(=O)c1ccsc1)Nc1cc(N2CCCC2=O)ccc1Cl. The van der Waals surface area contributed by atoms with Crippen LogP contribution in [0.4, 0.5) is 11.4 Å². The van der Waals surface area contributed by atoms with E-state index < -0.39 is 0 Å². The normalized spacial score (nSPS) is 13.7. The van der Waals surface area contributed by atoms with E-state index >= 15 is 0 Å². The molecular formula is C19H20ClN3O3S. The number of hydrogen-bond acceptors (Lipinski definition) is 4. The maximum absolute atomic E-state index is 12.2. The maximum atomic E-state index is 12.2. The number of halogens is 1. The van der Waals surface area contributed by atoms with Gasteiger partial charge in [0.1, 0.15) is 0 Å². The zero-order valence-corrected chi connectivity index (χ0v) is 16.2. The fourth-order valence-corrected chi connectivity index (χ4v) is 3.66. The Morgan fingerprint density at radius 3 is 2.81 bits per heavy atom. The van der Waals surface area contributed by atoms with Crippen molar-refractivity contribution in [3.05, 3.63) is 45.6 Å². The van der Waals surface area contributed by atoms with E-state index in [1.165, 1.54) is 11.3 Å². The van der Waals surface area contributed by atoms with Crippen molar-refractivity contribution in [1.29, 1.82) is 0 Å². The van der Waals surface area contributed by atoms with E-state index in [4.69, 9.17) is 11.6 Å². The van der Waals surface area contributed by atoms with E-state index in [0.717, 1.165) is 12.1 Å². The maximum Gasteiger partial charge on any atom is 0.252 e. The number of benzene rings is 1. The van der Waals surface area contributed by atoms with E-state index in [-0.39, 0.29) is 24.1 Å². The van der Waals surface area contributed by atoms with Gasteiger partial charge in [-0.15, -0.1) is 0 Å². The third kappa shape index (κ3) is 5.08. The van der Waals surface area contributed by atoms with Crippen LogP contribution in [0.1, 0.15) is 36.0 Å². The predicted octanol–water partition coefficient (Wildman–Crippen LogP) is 3.68. The van der Waals surface area contributed by atoms with Crippen LogP contribution in [0.25, 0.3) is 0 Å². The van der Waals surface area contributed by atoms with Crippen LogP contribution >= 0.6 is 22.9 Å². The molecule has 1 aromatic carbocycles. The van der Waals surface area contributed by atoms with Crippen molar-refractivity contribution in [2.75, 3.05) is 23.3 Å². The molecule has 1 fully saturated rings. The second kappa shape index (κ2) is 9.01. The number of amides is 3. The summed E-state index contributed by atoms with van der Waals surface area (Å²) in [6.07, 6.45) is 2.15. The predicted molar refractivity (Wildman–Crippen MR) is 108 cm³/mol. The zero-order valence-electron chi connectivity index (χ0n) is 14.7. The average Bonchev–Trinajstić information content (AvgIpc) is 3.32. The Kier molecular flexibility index (Phi) is 6.47. The highest BCUT2D eigenvalue weighted by Crippen LogP contribution is 2.30. The Balaban J connectivity index is 1.48. The summed E-state index contributed by atoms with van der Waals surface area (Å²) in [6.45, 7) is 1.09. The molecule has 8 heteroatoms. The van der Waals surface area contributed by atoms with Crippen LogP contribution in [-0.2, 0) is 9.59 Å². The highest BCUT2D eigenvalue weighted by molar-refractivity contribution is 7.08. The van der Waals surface area contributed by atoms with Crippen LogP contribution in [0.2, 0.25) is 5.02 Å². The Hall–Kier alpha value is -2.38. The van der Waals surface area contributed by atoms with Crippen LogP contribution < -0.4 is 15.5 Å². The lowest BCUT2D eigenvalue weighted by Crippen LogP contribution is -2.25. The highest BCUT2D eigenvalue weighted by atomic mass is 35.5. The lowest BCUT2D eigenvalue weighted by atomic mass is 10.2. The van der Waals surface area contributed by atoms with Crippen molar-refractivity contribution in [3.8, 4) is 0 Å². The van der Waals surface area contributed by atoms with Gasteiger partial charge in [0.2, 0.25) is 11.8 Å². The summed E-state index contributed by atoms with van der Waals surface area (Å²) in [7, 11) is 0. The van der Waals surface area contributed by atoms with E-state index in [9.17, 15) is 14.4 Å². The molecule has 6 nitrogen and oxygen atoms in total. The first kappa shape index (κ1) is 19.4. The van der Waals surface area contributed by atoms with Crippen molar-refractivity contribution < 1.29 is 14.4 Å². The molecule has 1 aromatic heterocycles. The van der Waals surface area contributed by atoms with Crippen molar-refractivity contribution in [3.63, 3.8) is 0 Å². The third-order valence-corrected chi connectivity index (χ3v) is 5.27. The summed E-state index contributed by atoms with van der Waals surface area (Å²) >= 11 is 7.63. The van der Waals surface area contributed by atoms with Gasteiger partial charge < -0.3 is 15.5 Å². The number of nitrogens with zero attached hydrogens (tertiary/aromatic N) is 1. The minimum Gasteiger partial charge on any atom is -0.352 e. The van der Waals surface area contributed by atoms with Gasteiger partial charge in [0.05, 0.1) is 10.7 Å². The van der Waals surface area contributed by atoms with Crippen molar-refractivity contribution in [1.82, 2.24) is 5.32 Å². The number of thiophene rings is 1. The molecule has 0 spiro atoms. The molecule has 0 radical (unpaired) electrons. The molecule has 1 saturated heterocycles. The highest BCUT2D eigenvalue weighted by Gasteiger charge is 2.22. The first-order valence-corrected chi connectivity index (χ1v) is 10.1. The largest absolute Gasteiger partial charge is 0.352 e. The lowest BCUT2D eigenvalue weighted by molar-refractivity contribution is -0.117. The van der Waals surface area contributed by atoms with Crippen LogP contribution in [0.5, 0.6) is 0 Å². The fourth-order valence-electron chi connectivity index (χ4n) is 2.86. The number of anilines is 2. The summed E-state index contributed by atoms with van der Waals surface area (Å²) in [5.74, 6) is -0.245.